The molecule has 0 spiro atoms. The lowest BCUT2D eigenvalue weighted by molar-refractivity contribution is -0.116. The molecule has 0 unspecified atom stereocenters. The first-order valence-corrected chi connectivity index (χ1v) is 5.99. The molecule has 1 aromatic rings. The zero-order valence-corrected chi connectivity index (χ0v) is 10.2. The molecule has 0 atom stereocenters. The van der Waals surface area contributed by atoms with Crippen molar-refractivity contribution in [2.45, 2.75) is 33.2 Å². The molecule has 2 amide bonds. The van der Waals surface area contributed by atoms with E-state index >= 15 is 0 Å². The van der Waals surface area contributed by atoms with E-state index < -0.39 is 0 Å². The fraction of sp³-hybridized carbons (Fsp3) is 0.538. The summed E-state index contributed by atoms with van der Waals surface area (Å²) < 4.78 is 2.10. The molecule has 0 saturated heterocycles. The van der Waals surface area contributed by atoms with Crippen LogP contribution in [0, 0.1) is 5.41 Å². The van der Waals surface area contributed by atoms with Crippen molar-refractivity contribution < 1.29 is 9.59 Å². The molecule has 17 heavy (non-hydrogen) atoms. The Morgan fingerprint density at radius 1 is 1.29 bits per heavy atom. The van der Waals surface area contributed by atoms with Gasteiger partial charge in [0.05, 0.1) is 0 Å². The summed E-state index contributed by atoms with van der Waals surface area (Å²) in [6, 6.07) is 1.97. The van der Waals surface area contributed by atoms with E-state index in [0.717, 1.165) is 19.4 Å². The summed E-state index contributed by atoms with van der Waals surface area (Å²) in [5.74, 6) is -0.154. The van der Waals surface area contributed by atoms with Crippen LogP contribution < -0.4 is 0 Å². The molecule has 2 aliphatic rings. The maximum absolute atomic E-state index is 12.0. The second-order valence-corrected chi connectivity index (χ2v) is 5.77. The van der Waals surface area contributed by atoms with Gasteiger partial charge in [-0.15, -0.1) is 0 Å². The lowest BCUT2D eigenvalue weighted by Crippen LogP contribution is -2.39. The molecule has 0 N–H and O–H groups in total. The number of aromatic nitrogens is 1. The number of imide groups is 1. The number of fused-ring (bicyclic) bond motifs is 3. The molecule has 90 valence electrons. The van der Waals surface area contributed by atoms with Crippen LogP contribution in [0.1, 0.15) is 35.6 Å². The summed E-state index contributed by atoms with van der Waals surface area (Å²) in [5, 5.41) is 0. The standard InChI is InChI=1S/C13H16N2O2/c1-13(2)6-9-5-10-12(17)14(8-16)3-4-15(10)11(9)7-13/h5,8H,3-4,6-7H2,1-2H3. The van der Waals surface area contributed by atoms with Crippen molar-refractivity contribution in [3.8, 4) is 0 Å². The molecular formula is C13H16N2O2. The van der Waals surface area contributed by atoms with Gasteiger partial charge < -0.3 is 4.57 Å². The minimum atomic E-state index is -0.154. The van der Waals surface area contributed by atoms with Crippen LogP contribution in [0.5, 0.6) is 0 Å². The second-order valence-electron chi connectivity index (χ2n) is 5.77. The lowest BCUT2D eigenvalue weighted by atomic mass is 9.90. The van der Waals surface area contributed by atoms with Crippen LogP contribution in [0.15, 0.2) is 6.07 Å². The maximum Gasteiger partial charge on any atom is 0.276 e. The number of amides is 2. The number of hydrogen-bond acceptors (Lipinski definition) is 2. The van der Waals surface area contributed by atoms with E-state index in [1.165, 1.54) is 16.2 Å². The van der Waals surface area contributed by atoms with Gasteiger partial charge in [0.2, 0.25) is 6.41 Å². The first-order chi connectivity index (χ1) is 8.02. The van der Waals surface area contributed by atoms with Crippen LogP contribution in [0.25, 0.3) is 0 Å². The Balaban J connectivity index is 2.04. The average molecular weight is 232 g/mol. The van der Waals surface area contributed by atoms with E-state index in [9.17, 15) is 9.59 Å². The van der Waals surface area contributed by atoms with Crippen LogP contribution in [-0.4, -0.2) is 28.3 Å². The van der Waals surface area contributed by atoms with Crippen molar-refractivity contribution in [2.24, 2.45) is 5.41 Å². The third-order valence-corrected chi connectivity index (χ3v) is 3.78. The van der Waals surface area contributed by atoms with Crippen molar-refractivity contribution in [2.75, 3.05) is 6.54 Å². The van der Waals surface area contributed by atoms with E-state index in [-0.39, 0.29) is 5.91 Å². The zero-order valence-electron chi connectivity index (χ0n) is 10.2. The van der Waals surface area contributed by atoms with E-state index in [0.29, 0.717) is 24.1 Å². The molecule has 4 nitrogen and oxygen atoms in total. The Kier molecular flexibility index (Phi) is 2.00. The molecule has 0 aromatic carbocycles. The van der Waals surface area contributed by atoms with Gasteiger partial charge >= 0.3 is 0 Å². The Labute approximate surface area is 100 Å². The second kappa shape index (κ2) is 3.22. The molecule has 0 bridgehead atoms. The topological polar surface area (TPSA) is 42.3 Å². The van der Waals surface area contributed by atoms with Gasteiger partial charge in [0.15, 0.2) is 0 Å². The summed E-state index contributed by atoms with van der Waals surface area (Å²) in [7, 11) is 0. The number of carbonyl (C=O) groups is 2. The third-order valence-electron chi connectivity index (χ3n) is 3.78. The molecule has 0 fully saturated rings. The molecular weight excluding hydrogens is 216 g/mol. The molecule has 1 aliphatic carbocycles. The highest BCUT2D eigenvalue weighted by Crippen LogP contribution is 2.38. The predicted octanol–water partition coefficient (Wildman–Crippen LogP) is 1.23. The maximum atomic E-state index is 12.0. The number of nitrogens with zero attached hydrogens (tertiary/aromatic N) is 2. The van der Waals surface area contributed by atoms with Gasteiger partial charge in [-0.3, -0.25) is 14.5 Å². The summed E-state index contributed by atoms with van der Waals surface area (Å²) in [5.41, 5.74) is 3.57. The molecule has 0 radical (unpaired) electrons. The lowest BCUT2D eigenvalue weighted by Gasteiger charge is -2.25. The van der Waals surface area contributed by atoms with E-state index in [1.807, 2.05) is 6.07 Å². The quantitative estimate of drug-likeness (QED) is 0.683. The van der Waals surface area contributed by atoms with Gasteiger partial charge in [0.1, 0.15) is 5.69 Å². The van der Waals surface area contributed by atoms with Crippen molar-refractivity contribution in [1.82, 2.24) is 9.47 Å². The molecule has 1 aliphatic heterocycles. The van der Waals surface area contributed by atoms with Crippen LogP contribution in [-0.2, 0) is 24.2 Å². The Hall–Kier alpha value is -1.58. The average Bonchev–Trinajstić information content (AvgIpc) is 2.72. The fourth-order valence-corrected chi connectivity index (χ4v) is 3.03. The molecule has 3 rings (SSSR count). The number of carbonyl (C=O) groups excluding carboxylic acids is 2. The van der Waals surface area contributed by atoms with Crippen molar-refractivity contribution >= 4 is 12.3 Å². The summed E-state index contributed by atoms with van der Waals surface area (Å²) in [6.45, 7) is 5.74. The van der Waals surface area contributed by atoms with Crippen LogP contribution in [0.2, 0.25) is 0 Å². The molecule has 2 heterocycles. The normalized spacial score (nSPS) is 21.3. The van der Waals surface area contributed by atoms with Crippen LogP contribution in [0.3, 0.4) is 0 Å². The zero-order chi connectivity index (χ0) is 12.2. The minimum Gasteiger partial charge on any atom is -0.339 e. The number of hydrogen-bond donors (Lipinski definition) is 0. The van der Waals surface area contributed by atoms with Crippen molar-refractivity contribution in [3.63, 3.8) is 0 Å². The molecule has 1 aromatic heterocycles. The SMILES string of the molecule is CC1(C)Cc2cc3n(c2C1)CCN(C=O)C3=O. The van der Waals surface area contributed by atoms with E-state index in [1.54, 1.807) is 0 Å². The van der Waals surface area contributed by atoms with Gasteiger partial charge in [-0.1, -0.05) is 13.8 Å². The monoisotopic (exact) mass is 232 g/mol. The van der Waals surface area contributed by atoms with Gasteiger partial charge in [-0.2, -0.15) is 0 Å². The fourth-order valence-electron chi connectivity index (χ4n) is 3.03. The van der Waals surface area contributed by atoms with Gasteiger partial charge in [-0.25, -0.2) is 0 Å². The van der Waals surface area contributed by atoms with E-state index in [4.69, 9.17) is 0 Å². The molecule has 4 heteroatoms. The Morgan fingerprint density at radius 3 is 2.76 bits per heavy atom. The third kappa shape index (κ3) is 1.43. The summed E-state index contributed by atoms with van der Waals surface area (Å²) in [6.07, 6.45) is 2.68. The number of rotatable bonds is 1. The van der Waals surface area contributed by atoms with E-state index in [2.05, 4.69) is 18.4 Å². The predicted molar refractivity (Wildman–Crippen MR) is 62.7 cm³/mol. The van der Waals surface area contributed by atoms with Gasteiger partial charge in [0, 0.05) is 18.8 Å². The van der Waals surface area contributed by atoms with Gasteiger partial charge in [-0.05, 0) is 29.9 Å². The van der Waals surface area contributed by atoms with Crippen LogP contribution >= 0.6 is 0 Å². The first kappa shape index (κ1) is 10.6. The highest BCUT2D eigenvalue weighted by Gasteiger charge is 2.36. The summed E-state index contributed by atoms with van der Waals surface area (Å²) in [4.78, 5) is 24.0. The Bertz CT molecular complexity index is 514. The van der Waals surface area contributed by atoms with Crippen molar-refractivity contribution in [3.05, 3.63) is 23.0 Å². The highest BCUT2D eigenvalue weighted by atomic mass is 16.2. The summed E-state index contributed by atoms with van der Waals surface area (Å²) >= 11 is 0. The van der Waals surface area contributed by atoms with Gasteiger partial charge in [0.25, 0.3) is 5.91 Å². The smallest absolute Gasteiger partial charge is 0.276 e. The Morgan fingerprint density at radius 2 is 2.06 bits per heavy atom. The minimum absolute atomic E-state index is 0.154. The highest BCUT2D eigenvalue weighted by molar-refractivity contribution is 5.99. The van der Waals surface area contributed by atoms with Crippen LogP contribution in [0.4, 0.5) is 0 Å². The largest absolute Gasteiger partial charge is 0.339 e. The molecule has 0 saturated carbocycles. The first-order valence-electron chi connectivity index (χ1n) is 5.99. The van der Waals surface area contributed by atoms with Crippen molar-refractivity contribution in [1.29, 1.82) is 0 Å².